The van der Waals surface area contributed by atoms with E-state index in [1.807, 2.05) is 0 Å². The maximum absolute atomic E-state index is 2.42. The molecule has 1 nitrogen and oxygen atoms in total. The number of hydrogen-bond acceptors (Lipinski definition) is 1. The molecule has 1 rings (SSSR count). The molecule has 152 valence electrons. The van der Waals surface area contributed by atoms with Gasteiger partial charge in [-0.15, -0.1) is 0 Å². The third-order valence-corrected chi connectivity index (χ3v) is 5.68. The summed E-state index contributed by atoms with van der Waals surface area (Å²) >= 11 is 0. The van der Waals surface area contributed by atoms with Gasteiger partial charge in [0.25, 0.3) is 0 Å². The Balaban J connectivity index is 1.66. The Labute approximate surface area is 165 Å². The Morgan fingerprint density at radius 2 is 0.962 bits per heavy atom. The molecule has 1 heterocycles. The van der Waals surface area contributed by atoms with Gasteiger partial charge in [0.05, 0.1) is 0 Å². The van der Waals surface area contributed by atoms with Gasteiger partial charge in [0, 0.05) is 13.1 Å². The lowest BCUT2D eigenvalue weighted by atomic mass is 10.0. The van der Waals surface area contributed by atoms with Crippen LogP contribution in [-0.4, -0.2) is 18.0 Å². The van der Waals surface area contributed by atoms with Crippen molar-refractivity contribution in [3.8, 4) is 0 Å². The molecule has 0 aromatic heterocycles. The highest BCUT2D eigenvalue weighted by Gasteiger charge is 1.99. The minimum absolute atomic E-state index is 1.11. The van der Waals surface area contributed by atoms with Crippen molar-refractivity contribution in [2.24, 2.45) is 0 Å². The molecule has 0 saturated carbocycles. The third kappa shape index (κ3) is 15.5. The molecular formula is C25H47N. The fraction of sp³-hybridized carbons (Fsp3) is 0.840. The van der Waals surface area contributed by atoms with Gasteiger partial charge in [0.15, 0.2) is 0 Å². The first-order chi connectivity index (χ1) is 12.9. The summed E-state index contributed by atoms with van der Waals surface area (Å²) in [6.07, 6.45) is 34.9. The molecule has 0 unspecified atom stereocenters. The molecule has 0 N–H and O–H groups in total. The van der Waals surface area contributed by atoms with Gasteiger partial charge in [-0.1, -0.05) is 128 Å². The Morgan fingerprint density at radius 3 is 1.35 bits per heavy atom. The minimum Gasteiger partial charge on any atom is -0.374 e. The maximum Gasteiger partial charge on any atom is 0.0357 e. The number of unbranched alkanes of at least 4 members (excludes halogenated alkanes) is 17. The van der Waals surface area contributed by atoms with Crippen molar-refractivity contribution < 1.29 is 0 Å². The van der Waals surface area contributed by atoms with Gasteiger partial charge >= 0.3 is 0 Å². The van der Waals surface area contributed by atoms with Crippen LogP contribution in [-0.2, 0) is 0 Å². The van der Waals surface area contributed by atoms with Crippen LogP contribution in [0.15, 0.2) is 24.4 Å². The Morgan fingerprint density at radius 1 is 0.538 bits per heavy atom. The zero-order valence-electron chi connectivity index (χ0n) is 17.9. The summed E-state index contributed by atoms with van der Waals surface area (Å²) in [7, 11) is 0. The normalized spacial score (nSPS) is 13.7. The fourth-order valence-corrected chi connectivity index (χ4v) is 3.89. The maximum atomic E-state index is 2.42. The van der Waals surface area contributed by atoms with E-state index in [1.54, 1.807) is 0 Å². The third-order valence-electron chi connectivity index (χ3n) is 5.68. The molecule has 1 aliphatic rings. The van der Waals surface area contributed by atoms with Crippen LogP contribution in [0, 0.1) is 0 Å². The van der Waals surface area contributed by atoms with Gasteiger partial charge in [-0.25, -0.2) is 0 Å². The van der Waals surface area contributed by atoms with E-state index in [0.29, 0.717) is 0 Å². The van der Waals surface area contributed by atoms with Crippen molar-refractivity contribution in [1.82, 2.24) is 4.90 Å². The Kier molecular flexibility index (Phi) is 17.1. The summed E-state index contributed by atoms with van der Waals surface area (Å²) in [6, 6.07) is 0. The summed E-state index contributed by atoms with van der Waals surface area (Å²) in [6.45, 7) is 4.64. The predicted octanol–water partition coefficient (Wildman–Crippen LogP) is 8.41. The first-order valence-electron chi connectivity index (χ1n) is 12.0. The van der Waals surface area contributed by atoms with Crippen molar-refractivity contribution in [2.75, 3.05) is 13.1 Å². The quantitative estimate of drug-likeness (QED) is 0.209. The topological polar surface area (TPSA) is 3.24 Å². The lowest BCUT2D eigenvalue weighted by Gasteiger charge is -2.20. The second-order valence-electron chi connectivity index (χ2n) is 8.28. The molecule has 0 aromatic carbocycles. The van der Waals surface area contributed by atoms with E-state index in [1.165, 1.54) is 122 Å². The van der Waals surface area contributed by atoms with Crippen LogP contribution in [0.1, 0.15) is 122 Å². The summed E-state index contributed by atoms with van der Waals surface area (Å²) in [5, 5.41) is 0. The van der Waals surface area contributed by atoms with E-state index in [2.05, 4.69) is 36.3 Å². The van der Waals surface area contributed by atoms with Crippen LogP contribution in [0.2, 0.25) is 0 Å². The zero-order chi connectivity index (χ0) is 18.5. The average Bonchev–Trinajstić information content (AvgIpc) is 2.68. The van der Waals surface area contributed by atoms with Gasteiger partial charge < -0.3 is 4.90 Å². The predicted molar refractivity (Wildman–Crippen MR) is 119 cm³/mol. The zero-order valence-corrected chi connectivity index (χ0v) is 17.9. The molecule has 1 heteroatoms. The van der Waals surface area contributed by atoms with Crippen LogP contribution >= 0.6 is 0 Å². The van der Waals surface area contributed by atoms with E-state index < -0.39 is 0 Å². The van der Waals surface area contributed by atoms with Crippen LogP contribution in [0.4, 0.5) is 0 Å². The fourth-order valence-electron chi connectivity index (χ4n) is 3.89. The molecule has 0 aromatic rings. The van der Waals surface area contributed by atoms with Crippen molar-refractivity contribution in [3.63, 3.8) is 0 Å². The highest BCUT2D eigenvalue weighted by atomic mass is 15.1. The molecule has 26 heavy (non-hydrogen) atoms. The van der Waals surface area contributed by atoms with Gasteiger partial charge in [-0.3, -0.25) is 0 Å². The van der Waals surface area contributed by atoms with Crippen LogP contribution < -0.4 is 0 Å². The SMILES string of the molecule is CCCCCCCCCCCCCCCCCCCCN1C=CC=CC1. The largest absolute Gasteiger partial charge is 0.374 e. The summed E-state index contributed by atoms with van der Waals surface area (Å²) < 4.78 is 0. The van der Waals surface area contributed by atoms with Crippen molar-refractivity contribution in [3.05, 3.63) is 24.4 Å². The number of hydrogen-bond donors (Lipinski definition) is 0. The second kappa shape index (κ2) is 19.1. The molecule has 0 bridgehead atoms. The lowest BCUT2D eigenvalue weighted by molar-refractivity contribution is 0.392. The molecule has 0 amide bonds. The Hall–Kier alpha value is -0.720. The summed E-state index contributed by atoms with van der Waals surface area (Å²) in [4.78, 5) is 2.42. The first-order valence-corrected chi connectivity index (χ1v) is 12.0. The molecule has 0 fully saturated rings. The minimum atomic E-state index is 1.11. The lowest BCUT2D eigenvalue weighted by Crippen LogP contribution is -2.19. The summed E-state index contributed by atoms with van der Waals surface area (Å²) in [5.74, 6) is 0. The van der Waals surface area contributed by atoms with Gasteiger partial charge in [0.2, 0.25) is 0 Å². The van der Waals surface area contributed by atoms with Crippen molar-refractivity contribution in [2.45, 2.75) is 122 Å². The first kappa shape index (κ1) is 23.3. The Bertz CT molecular complexity index is 331. The highest BCUT2D eigenvalue weighted by Crippen LogP contribution is 2.14. The van der Waals surface area contributed by atoms with Crippen molar-refractivity contribution in [1.29, 1.82) is 0 Å². The van der Waals surface area contributed by atoms with Crippen LogP contribution in [0.5, 0.6) is 0 Å². The second-order valence-corrected chi connectivity index (χ2v) is 8.28. The van der Waals surface area contributed by atoms with Crippen molar-refractivity contribution >= 4 is 0 Å². The van der Waals surface area contributed by atoms with Gasteiger partial charge in [-0.2, -0.15) is 0 Å². The molecule has 1 aliphatic heterocycles. The monoisotopic (exact) mass is 361 g/mol. The highest BCUT2D eigenvalue weighted by molar-refractivity contribution is 5.08. The molecule has 0 atom stereocenters. The van der Waals surface area contributed by atoms with Crippen LogP contribution in [0.25, 0.3) is 0 Å². The molecule has 0 aliphatic carbocycles. The van der Waals surface area contributed by atoms with E-state index in [0.717, 1.165) is 6.54 Å². The van der Waals surface area contributed by atoms with E-state index in [-0.39, 0.29) is 0 Å². The molecule has 0 saturated heterocycles. The molecule has 0 radical (unpaired) electrons. The van der Waals surface area contributed by atoms with Gasteiger partial charge in [0.1, 0.15) is 0 Å². The number of nitrogens with zero attached hydrogens (tertiary/aromatic N) is 1. The smallest absolute Gasteiger partial charge is 0.0357 e. The number of rotatable bonds is 19. The molecule has 0 spiro atoms. The van der Waals surface area contributed by atoms with E-state index in [4.69, 9.17) is 0 Å². The van der Waals surface area contributed by atoms with Crippen LogP contribution in [0.3, 0.4) is 0 Å². The number of allylic oxidation sites excluding steroid dienone is 2. The average molecular weight is 362 g/mol. The van der Waals surface area contributed by atoms with E-state index in [9.17, 15) is 0 Å². The standard InChI is InChI=1S/C25H47N/c1-2-3-4-5-6-7-8-9-10-11-12-13-14-15-16-17-18-20-23-26-24-21-19-22-25-26/h19,21-22,24H,2-18,20,23,25H2,1H3. The van der Waals surface area contributed by atoms with E-state index >= 15 is 0 Å². The molecular weight excluding hydrogens is 314 g/mol. The van der Waals surface area contributed by atoms with Gasteiger partial charge in [-0.05, 0) is 18.7 Å². The summed E-state index contributed by atoms with van der Waals surface area (Å²) in [5.41, 5.74) is 0.